The highest BCUT2D eigenvalue weighted by Crippen LogP contribution is 2.22. The Hall–Kier alpha value is -2.64. The number of methoxy groups -OCH3 is 1. The van der Waals surface area contributed by atoms with Crippen molar-refractivity contribution >= 4 is 22.0 Å². The Labute approximate surface area is 172 Å². The van der Waals surface area contributed by atoms with E-state index in [1.54, 1.807) is 37.5 Å². The quantitative estimate of drug-likeness (QED) is 0.738. The van der Waals surface area contributed by atoms with Crippen LogP contribution in [-0.2, 0) is 14.8 Å². The van der Waals surface area contributed by atoms with Crippen LogP contribution in [0.3, 0.4) is 0 Å². The van der Waals surface area contributed by atoms with E-state index in [9.17, 15) is 13.2 Å². The van der Waals surface area contributed by atoms with Gasteiger partial charge in [-0.1, -0.05) is 29.8 Å². The summed E-state index contributed by atoms with van der Waals surface area (Å²) >= 11 is 0. The summed E-state index contributed by atoms with van der Waals surface area (Å²) in [5.41, 5.74) is 2.11. The molecule has 1 amide bonds. The van der Waals surface area contributed by atoms with Gasteiger partial charge in [-0.2, -0.15) is 4.31 Å². The number of carbonyl (C=O) groups excluding carboxylic acids is 1. The molecule has 1 aliphatic heterocycles. The number of rotatable bonds is 6. The monoisotopic (exact) mass is 414 g/mol. The molecule has 1 aliphatic rings. The minimum Gasteiger partial charge on any atom is -0.497 e. The number of carbonyl (C=O) groups is 1. The fraction of sp³-hybridized carbons (Fsp3) is 0.318. The Morgan fingerprint density at radius 3 is 2.45 bits per heavy atom. The van der Waals surface area contributed by atoms with Gasteiger partial charge in [0.25, 0.3) is 0 Å². The SMILES string of the molecule is COc1ccc(S(=O)(=O)N2CCC(NC(=O)C=Cc3cccc(C)c3)CC2)cc1. The summed E-state index contributed by atoms with van der Waals surface area (Å²) in [5, 5.41) is 2.97. The van der Waals surface area contributed by atoms with Crippen molar-refractivity contribution in [1.29, 1.82) is 0 Å². The Bertz CT molecular complexity index is 976. The fourth-order valence-electron chi connectivity index (χ4n) is 3.33. The van der Waals surface area contributed by atoms with Gasteiger partial charge in [0, 0.05) is 25.2 Å². The highest BCUT2D eigenvalue weighted by molar-refractivity contribution is 7.89. The first-order chi connectivity index (χ1) is 13.9. The van der Waals surface area contributed by atoms with Crippen LogP contribution in [0, 0.1) is 6.92 Å². The molecular weight excluding hydrogens is 388 g/mol. The van der Waals surface area contributed by atoms with Gasteiger partial charge >= 0.3 is 0 Å². The second-order valence-electron chi connectivity index (χ2n) is 7.11. The smallest absolute Gasteiger partial charge is 0.244 e. The number of hydrogen-bond acceptors (Lipinski definition) is 4. The van der Waals surface area contributed by atoms with Crippen LogP contribution in [0.5, 0.6) is 5.75 Å². The lowest BCUT2D eigenvalue weighted by Crippen LogP contribution is -2.46. The third-order valence-corrected chi connectivity index (χ3v) is 6.88. The van der Waals surface area contributed by atoms with Gasteiger partial charge in [-0.25, -0.2) is 8.42 Å². The zero-order valence-corrected chi connectivity index (χ0v) is 17.5. The average Bonchev–Trinajstić information content (AvgIpc) is 2.73. The normalized spacial score (nSPS) is 16.1. The zero-order chi connectivity index (χ0) is 20.9. The van der Waals surface area contributed by atoms with E-state index in [2.05, 4.69) is 5.32 Å². The van der Waals surface area contributed by atoms with Crippen LogP contribution >= 0.6 is 0 Å². The standard InChI is InChI=1S/C22H26N2O4S/c1-17-4-3-5-18(16-17)6-11-22(25)23-19-12-14-24(15-13-19)29(26,27)21-9-7-20(28-2)8-10-21/h3-11,16,19H,12-15H2,1-2H3,(H,23,25). The number of ether oxygens (including phenoxy) is 1. The number of aryl methyl sites for hydroxylation is 1. The molecule has 2 aromatic rings. The van der Waals surface area contributed by atoms with Crippen LogP contribution in [-0.4, -0.2) is 44.9 Å². The van der Waals surface area contributed by atoms with Gasteiger partial charge in [-0.3, -0.25) is 4.79 Å². The molecule has 0 aromatic heterocycles. The molecule has 29 heavy (non-hydrogen) atoms. The Morgan fingerprint density at radius 2 is 1.83 bits per heavy atom. The van der Waals surface area contributed by atoms with Crippen LogP contribution in [0.15, 0.2) is 59.5 Å². The number of nitrogens with zero attached hydrogens (tertiary/aromatic N) is 1. The summed E-state index contributed by atoms with van der Waals surface area (Å²) in [6, 6.07) is 14.3. The number of piperidine rings is 1. The second-order valence-corrected chi connectivity index (χ2v) is 9.05. The van der Waals surface area contributed by atoms with Gasteiger partial charge in [0.1, 0.15) is 5.75 Å². The van der Waals surface area contributed by atoms with E-state index in [-0.39, 0.29) is 16.8 Å². The molecule has 0 radical (unpaired) electrons. The average molecular weight is 415 g/mol. The van der Waals surface area contributed by atoms with Crippen LogP contribution in [0.2, 0.25) is 0 Å². The van der Waals surface area contributed by atoms with E-state index in [0.717, 1.165) is 11.1 Å². The predicted octanol–water partition coefficient (Wildman–Crippen LogP) is 2.99. The van der Waals surface area contributed by atoms with Crippen molar-refractivity contribution in [2.24, 2.45) is 0 Å². The lowest BCUT2D eigenvalue weighted by molar-refractivity contribution is -0.117. The lowest BCUT2D eigenvalue weighted by atomic mass is 10.1. The molecule has 2 aromatic carbocycles. The summed E-state index contributed by atoms with van der Waals surface area (Å²) in [6.45, 7) is 2.76. The first kappa shape index (κ1) is 21.1. The van der Waals surface area contributed by atoms with Gasteiger partial charge in [0.05, 0.1) is 12.0 Å². The highest BCUT2D eigenvalue weighted by Gasteiger charge is 2.29. The molecule has 0 aliphatic carbocycles. The zero-order valence-electron chi connectivity index (χ0n) is 16.7. The fourth-order valence-corrected chi connectivity index (χ4v) is 4.80. The van der Waals surface area contributed by atoms with Crippen molar-refractivity contribution < 1.29 is 17.9 Å². The van der Waals surface area contributed by atoms with E-state index in [0.29, 0.717) is 31.7 Å². The molecule has 6 nitrogen and oxygen atoms in total. The molecule has 154 valence electrons. The molecule has 1 fully saturated rings. The van der Waals surface area contributed by atoms with Gasteiger partial charge in [-0.05, 0) is 55.7 Å². The van der Waals surface area contributed by atoms with Gasteiger partial charge in [0.2, 0.25) is 15.9 Å². The molecule has 0 atom stereocenters. The molecule has 7 heteroatoms. The predicted molar refractivity (Wildman–Crippen MR) is 113 cm³/mol. The number of nitrogens with one attached hydrogen (secondary N) is 1. The van der Waals surface area contributed by atoms with Crippen molar-refractivity contribution in [1.82, 2.24) is 9.62 Å². The summed E-state index contributed by atoms with van der Waals surface area (Å²) in [6.07, 6.45) is 4.47. The number of benzene rings is 2. The Kier molecular flexibility index (Phi) is 6.71. The Balaban J connectivity index is 1.53. The summed E-state index contributed by atoms with van der Waals surface area (Å²) in [7, 11) is -2.00. The number of amides is 1. The third kappa shape index (κ3) is 5.46. The van der Waals surface area contributed by atoms with E-state index in [1.807, 2.05) is 31.2 Å². The number of sulfonamides is 1. The van der Waals surface area contributed by atoms with Gasteiger partial charge in [-0.15, -0.1) is 0 Å². The van der Waals surface area contributed by atoms with Crippen molar-refractivity contribution in [3.8, 4) is 5.75 Å². The molecule has 1 saturated heterocycles. The van der Waals surface area contributed by atoms with E-state index in [4.69, 9.17) is 4.74 Å². The first-order valence-electron chi connectivity index (χ1n) is 9.58. The van der Waals surface area contributed by atoms with E-state index < -0.39 is 10.0 Å². The topological polar surface area (TPSA) is 75.7 Å². The Morgan fingerprint density at radius 1 is 1.14 bits per heavy atom. The van der Waals surface area contributed by atoms with E-state index >= 15 is 0 Å². The molecule has 1 heterocycles. The van der Waals surface area contributed by atoms with Crippen molar-refractivity contribution in [3.05, 3.63) is 65.7 Å². The summed E-state index contributed by atoms with van der Waals surface area (Å²) < 4.78 is 32.1. The lowest BCUT2D eigenvalue weighted by Gasteiger charge is -2.31. The van der Waals surface area contributed by atoms with Crippen molar-refractivity contribution in [2.75, 3.05) is 20.2 Å². The maximum atomic E-state index is 12.8. The summed E-state index contributed by atoms with van der Waals surface area (Å²) in [5.74, 6) is 0.451. The first-order valence-corrected chi connectivity index (χ1v) is 11.0. The van der Waals surface area contributed by atoms with Gasteiger partial charge in [0.15, 0.2) is 0 Å². The van der Waals surface area contributed by atoms with Crippen molar-refractivity contribution in [3.63, 3.8) is 0 Å². The van der Waals surface area contributed by atoms with Crippen molar-refractivity contribution in [2.45, 2.75) is 30.7 Å². The molecule has 0 saturated carbocycles. The molecule has 1 N–H and O–H groups in total. The van der Waals surface area contributed by atoms with Crippen LogP contribution in [0.4, 0.5) is 0 Å². The molecule has 0 bridgehead atoms. The van der Waals surface area contributed by atoms with Crippen LogP contribution < -0.4 is 10.1 Å². The second kappa shape index (κ2) is 9.24. The highest BCUT2D eigenvalue weighted by atomic mass is 32.2. The minimum atomic E-state index is -3.54. The van der Waals surface area contributed by atoms with Gasteiger partial charge < -0.3 is 10.1 Å². The van der Waals surface area contributed by atoms with E-state index in [1.165, 1.54) is 10.4 Å². The molecular formula is C22H26N2O4S. The number of hydrogen-bond donors (Lipinski definition) is 1. The molecule has 0 unspecified atom stereocenters. The maximum absolute atomic E-state index is 12.8. The van der Waals surface area contributed by atoms with Crippen LogP contribution in [0.25, 0.3) is 6.08 Å². The third-order valence-electron chi connectivity index (χ3n) is 4.97. The molecule has 0 spiro atoms. The minimum absolute atomic E-state index is 0.0352. The van der Waals surface area contributed by atoms with Crippen LogP contribution in [0.1, 0.15) is 24.0 Å². The largest absolute Gasteiger partial charge is 0.497 e. The molecule has 3 rings (SSSR count). The maximum Gasteiger partial charge on any atom is 0.244 e. The summed E-state index contributed by atoms with van der Waals surface area (Å²) in [4.78, 5) is 12.4.